The maximum Gasteiger partial charge on any atom is 0.335 e. The molecule has 2 rings (SSSR count). The van der Waals surface area contributed by atoms with Crippen molar-refractivity contribution in [1.29, 1.82) is 0 Å². The van der Waals surface area contributed by atoms with Gasteiger partial charge in [0, 0.05) is 4.70 Å². The number of rotatable bonds is 1. The van der Waals surface area contributed by atoms with Gasteiger partial charge in [0.15, 0.2) is 0 Å². The van der Waals surface area contributed by atoms with Crippen molar-refractivity contribution < 1.29 is 9.90 Å². The molecular formula is C9H5BrO2S. The van der Waals surface area contributed by atoms with Crippen LogP contribution in [0.15, 0.2) is 28.1 Å². The Morgan fingerprint density at radius 2 is 2.15 bits per heavy atom. The van der Waals surface area contributed by atoms with E-state index in [2.05, 4.69) is 15.9 Å². The summed E-state index contributed by atoms with van der Waals surface area (Å²) in [5.41, 5.74) is 0.335. The Bertz CT molecular complexity index is 475. The summed E-state index contributed by atoms with van der Waals surface area (Å²) in [6, 6.07) is 7.10. The number of carboxylic acid groups (broad SMARTS) is 1. The van der Waals surface area contributed by atoms with E-state index in [0.29, 0.717) is 5.56 Å². The molecule has 1 N–H and O–H groups in total. The topological polar surface area (TPSA) is 37.3 Å². The van der Waals surface area contributed by atoms with Crippen molar-refractivity contribution in [2.24, 2.45) is 0 Å². The van der Waals surface area contributed by atoms with E-state index in [4.69, 9.17) is 5.11 Å². The number of fused-ring (bicyclic) bond motifs is 1. The zero-order chi connectivity index (χ0) is 9.42. The minimum atomic E-state index is -0.883. The highest BCUT2D eigenvalue weighted by atomic mass is 79.9. The first-order valence-corrected chi connectivity index (χ1v) is 5.20. The number of hydrogen-bond acceptors (Lipinski definition) is 2. The number of halogens is 1. The van der Waals surface area contributed by atoms with E-state index in [9.17, 15) is 4.79 Å². The minimum absolute atomic E-state index is 0.335. The van der Waals surface area contributed by atoms with Crippen molar-refractivity contribution in [2.75, 3.05) is 0 Å². The molecule has 0 bridgehead atoms. The molecule has 0 aliphatic carbocycles. The predicted molar refractivity (Wildman–Crippen MR) is 56.5 cm³/mol. The van der Waals surface area contributed by atoms with Gasteiger partial charge in [-0.3, -0.25) is 0 Å². The molecule has 2 aromatic rings. The van der Waals surface area contributed by atoms with Crippen LogP contribution in [-0.4, -0.2) is 11.1 Å². The van der Waals surface area contributed by atoms with Gasteiger partial charge in [-0.05, 0) is 39.5 Å². The lowest BCUT2D eigenvalue weighted by atomic mass is 10.2. The normalized spacial score (nSPS) is 10.5. The molecule has 1 heterocycles. The average Bonchev–Trinajstić information content (AvgIpc) is 2.42. The maximum absolute atomic E-state index is 10.6. The summed E-state index contributed by atoms with van der Waals surface area (Å²) in [5.74, 6) is -0.883. The SMILES string of the molecule is O=C(O)c1ccc2cc(Br)sc2c1. The number of hydrogen-bond donors (Lipinski definition) is 1. The van der Waals surface area contributed by atoms with Crippen LogP contribution in [0.4, 0.5) is 0 Å². The van der Waals surface area contributed by atoms with Gasteiger partial charge in [-0.2, -0.15) is 0 Å². The van der Waals surface area contributed by atoms with Crippen LogP contribution in [0.3, 0.4) is 0 Å². The quantitative estimate of drug-likeness (QED) is 0.850. The van der Waals surface area contributed by atoms with Crippen molar-refractivity contribution in [2.45, 2.75) is 0 Å². The van der Waals surface area contributed by atoms with Gasteiger partial charge < -0.3 is 5.11 Å². The summed E-state index contributed by atoms with van der Waals surface area (Å²) in [6.45, 7) is 0. The molecule has 0 amide bonds. The molecule has 4 heteroatoms. The van der Waals surface area contributed by atoms with Crippen LogP contribution in [0.2, 0.25) is 0 Å². The molecule has 0 fully saturated rings. The summed E-state index contributed by atoms with van der Waals surface area (Å²) in [4.78, 5) is 10.6. The number of carboxylic acids is 1. The van der Waals surface area contributed by atoms with Gasteiger partial charge in [0.2, 0.25) is 0 Å². The van der Waals surface area contributed by atoms with Crippen molar-refractivity contribution in [3.8, 4) is 0 Å². The zero-order valence-corrected chi connectivity index (χ0v) is 8.85. The van der Waals surface area contributed by atoms with Gasteiger partial charge in [-0.25, -0.2) is 4.79 Å². The van der Waals surface area contributed by atoms with E-state index >= 15 is 0 Å². The van der Waals surface area contributed by atoms with Crippen LogP contribution in [0.5, 0.6) is 0 Å². The fourth-order valence-corrected chi connectivity index (χ4v) is 2.73. The van der Waals surface area contributed by atoms with Crippen LogP contribution in [0.1, 0.15) is 10.4 Å². The lowest BCUT2D eigenvalue weighted by molar-refractivity contribution is 0.0697. The summed E-state index contributed by atoms with van der Waals surface area (Å²) in [6.07, 6.45) is 0. The molecular weight excluding hydrogens is 252 g/mol. The molecule has 0 unspecified atom stereocenters. The Morgan fingerprint density at radius 1 is 1.38 bits per heavy atom. The molecule has 0 radical (unpaired) electrons. The second kappa shape index (κ2) is 3.12. The second-order valence-electron chi connectivity index (χ2n) is 2.61. The third-order valence-electron chi connectivity index (χ3n) is 1.74. The van der Waals surface area contributed by atoms with E-state index < -0.39 is 5.97 Å². The molecule has 0 aliphatic rings. The van der Waals surface area contributed by atoms with Crippen LogP contribution in [0.25, 0.3) is 10.1 Å². The Labute approximate surface area is 86.9 Å². The molecule has 1 aromatic heterocycles. The molecule has 13 heavy (non-hydrogen) atoms. The predicted octanol–water partition coefficient (Wildman–Crippen LogP) is 3.36. The van der Waals surface area contributed by atoms with Crippen molar-refractivity contribution in [3.63, 3.8) is 0 Å². The smallest absolute Gasteiger partial charge is 0.335 e. The van der Waals surface area contributed by atoms with Crippen LogP contribution >= 0.6 is 27.3 Å². The van der Waals surface area contributed by atoms with E-state index in [1.807, 2.05) is 12.1 Å². The number of carbonyl (C=O) groups is 1. The molecule has 66 valence electrons. The van der Waals surface area contributed by atoms with E-state index in [0.717, 1.165) is 13.9 Å². The van der Waals surface area contributed by atoms with Gasteiger partial charge in [-0.1, -0.05) is 6.07 Å². The molecule has 2 nitrogen and oxygen atoms in total. The van der Waals surface area contributed by atoms with Crippen LogP contribution in [-0.2, 0) is 0 Å². The third kappa shape index (κ3) is 1.59. The van der Waals surface area contributed by atoms with Crippen LogP contribution < -0.4 is 0 Å². The Kier molecular flexibility index (Phi) is 2.09. The van der Waals surface area contributed by atoms with Crippen LogP contribution in [0, 0.1) is 0 Å². The Morgan fingerprint density at radius 3 is 2.85 bits per heavy atom. The molecule has 0 aliphatic heterocycles. The fourth-order valence-electron chi connectivity index (χ4n) is 1.13. The molecule has 0 saturated carbocycles. The number of thiophene rings is 1. The summed E-state index contributed by atoms with van der Waals surface area (Å²) in [7, 11) is 0. The largest absolute Gasteiger partial charge is 0.478 e. The third-order valence-corrected chi connectivity index (χ3v) is 3.34. The first-order valence-electron chi connectivity index (χ1n) is 3.59. The van der Waals surface area contributed by atoms with E-state index in [1.54, 1.807) is 12.1 Å². The molecule has 0 spiro atoms. The highest BCUT2D eigenvalue weighted by Crippen LogP contribution is 2.30. The Balaban J connectivity index is 2.67. The molecule has 1 aromatic carbocycles. The van der Waals surface area contributed by atoms with Gasteiger partial charge in [0.1, 0.15) is 0 Å². The lowest BCUT2D eigenvalue weighted by Crippen LogP contribution is -1.94. The van der Waals surface area contributed by atoms with Gasteiger partial charge >= 0.3 is 5.97 Å². The van der Waals surface area contributed by atoms with Crippen molar-refractivity contribution in [1.82, 2.24) is 0 Å². The summed E-state index contributed by atoms with van der Waals surface area (Å²) < 4.78 is 2.01. The summed E-state index contributed by atoms with van der Waals surface area (Å²) >= 11 is 4.89. The highest BCUT2D eigenvalue weighted by Gasteiger charge is 2.05. The zero-order valence-electron chi connectivity index (χ0n) is 6.45. The Hall–Kier alpha value is -0.870. The lowest BCUT2D eigenvalue weighted by Gasteiger charge is -1.92. The van der Waals surface area contributed by atoms with Gasteiger partial charge in [-0.15, -0.1) is 11.3 Å². The maximum atomic E-state index is 10.6. The number of benzene rings is 1. The van der Waals surface area contributed by atoms with Crippen molar-refractivity contribution >= 4 is 43.3 Å². The highest BCUT2D eigenvalue weighted by molar-refractivity contribution is 9.11. The number of aromatic carboxylic acids is 1. The molecule has 0 atom stereocenters. The van der Waals surface area contributed by atoms with Crippen molar-refractivity contribution in [3.05, 3.63) is 33.6 Å². The molecule has 0 saturated heterocycles. The first-order chi connectivity index (χ1) is 6.16. The minimum Gasteiger partial charge on any atom is -0.478 e. The average molecular weight is 257 g/mol. The fraction of sp³-hybridized carbons (Fsp3) is 0. The summed E-state index contributed by atoms with van der Waals surface area (Å²) in [5, 5.41) is 9.82. The second-order valence-corrected chi connectivity index (χ2v) is 5.07. The van der Waals surface area contributed by atoms with Gasteiger partial charge in [0.05, 0.1) is 9.35 Å². The van der Waals surface area contributed by atoms with Gasteiger partial charge in [0.25, 0.3) is 0 Å². The monoisotopic (exact) mass is 256 g/mol. The van der Waals surface area contributed by atoms with E-state index in [-0.39, 0.29) is 0 Å². The first kappa shape index (κ1) is 8.72. The standard InChI is InChI=1S/C9H5BrO2S/c10-8-4-5-1-2-6(9(11)12)3-7(5)13-8/h1-4H,(H,11,12). The van der Waals surface area contributed by atoms with E-state index in [1.165, 1.54) is 11.3 Å².